The molecule has 1 atom stereocenters. The maximum absolute atomic E-state index is 5.54. The molecule has 90 valence electrons. The van der Waals surface area contributed by atoms with Gasteiger partial charge in [-0.2, -0.15) is 0 Å². The fraction of sp³-hybridized carbons (Fsp3) is 0.727. The molecule has 1 unspecified atom stereocenters. The molecule has 0 aromatic carbocycles. The van der Waals surface area contributed by atoms with Crippen LogP contribution in [-0.2, 0) is 16.0 Å². The first kappa shape index (κ1) is 12.0. The fourth-order valence-electron chi connectivity index (χ4n) is 1.84. The van der Waals surface area contributed by atoms with E-state index in [1.807, 2.05) is 6.92 Å². The summed E-state index contributed by atoms with van der Waals surface area (Å²) in [6, 6.07) is 0. The summed E-state index contributed by atoms with van der Waals surface area (Å²) >= 11 is 1.69. The highest BCUT2D eigenvalue weighted by Crippen LogP contribution is 2.21. The lowest BCUT2D eigenvalue weighted by Crippen LogP contribution is -2.42. The Kier molecular flexibility index (Phi) is 3.91. The van der Waals surface area contributed by atoms with Gasteiger partial charge in [-0.25, -0.2) is 4.98 Å². The van der Waals surface area contributed by atoms with Gasteiger partial charge >= 0.3 is 0 Å². The van der Waals surface area contributed by atoms with Gasteiger partial charge in [-0.15, -0.1) is 11.3 Å². The normalized spacial score (nSPS) is 25.1. The Morgan fingerprint density at radius 2 is 2.56 bits per heavy atom. The lowest BCUT2D eigenvalue weighted by Gasteiger charge is -2.25. The summed E-state index contributed by atoms with van der Waals surface area (Å²) < 4.78 is 10.9. The van der Waals surface area contributed by atoms with Crippen LogP contribution in [0.3, 0.4) is 0 Å². The topological polar surface area (TPSA) is 43.4 Å². The minimum Gasteiger partial charge on any atom is -0.378 e. The zero-order valence-corrected chi connectivity index (χ0v) is 10.6. The summed E-state index contributed by atoms with van der Waals surface area (Å²) in [4.78, 5) is 4.41. The Hall–Kier alpha value is -0.490. The standard InChI is InChI=1S/C11H18N2O2S/c1-9-6-16-10(13-9)5-12-7-11(14-2)3-4-15-8-11/h6,12H,3-5,7-8H2,1-2H3. The number of aromatic nitrogens is 1. The zero-order valence-electron chi connectivity index (χ0n) is 9.78. The van der Waals surface area contributed by atoms with Crippen molar-refractivity contribution in [3.8, 4) is 0 Å². The molecule has 0 amide bonds. The van der Waals surface area contributed by atoms with Gasteiger partial charge in [-0.05, 0) is 6.92 Å². The van der Waals surface area contributed by atoms with E-state index in [9.17, 15) is 0 Å². The zero-order chi connectivity index (χ0) is 11.4. The van der Waals surface area contributed by atoms with Crippen molar-refractivity contribution in [3.05, 3.63) is 16.1 Å². The summed E-state index contributed by atoms with van der Waals surface area (Å²) in [5.74, 6) is 0. The van der Waals surface area contributed by atoms with Crippen molar-refractivity contribution in [2.45, 2.75) is 25.5 Å². The maximum atomic E-state index is 5.54. The first-order chi connectivity index (χ1) is 7.74. The number of methoxy groups -OCH3 is 1. The van der Waals surface area contributed by atoms with Gasteiger partial charge in [0.25, 0.3) is 0 Å². The molecule has 1 aromatic rings. The average Bonchev–Trinajstić information content (AvgIpc) is 2.89. The van der Waals surface area contributed by atoms with Crippen molar-refractivity contribution in [3.63, 3.8) is 0 Å². The Labute approximate surface area is 100.0 Å². The minimum atomic E-state index is -0.133. The Bertz CT molecular complexity index is 334. The van der Waals surface area contributed by atoms with E-state index < -0.39 is 0 Å². The van der Waals surface area contributed by atoms with E-state index in [-0.39, 0.29) is 5.60 Å². The van der Waals surface area contributed by atoms with Crippen molar-refractivity contribution in [1.82, 2.24) is 10.3 Å². The summed E-state index contributed by atoms with van der Waals surface area (Å²) in [6.07, 6.45) is 0.966. The Morgan fingerprint density at radius 3 is 3.12 bits per heavy atom. The van der Waals surface area contributed by atoms with E-state index in [2.05, 4.69) is 15.7 Å². The second kappa shape index (κ2) is 5.23. The van der Waals surface area contributed by atoms with E-state index in [0.717, 1.165) is 36.8 Å². The Balaban J connectivity index is 1.78. The number of hydrogen-bond donors (Lipinski definition) is 1. The summed E-state index contributed by atoms with van der Waals surface area (Å²) in [5, 5.41) is 6.59. The highest BCUT2D eigenvalue weighted by molar-refractivity contribution is 7.09. The summed E-state index contributed by atoms with van der Waals surface area (Å²) in [5.41, 5.74) is 0.958. The van der Waals surface area contributed by atoms with Crippen LogP contribution in [0.5, 0.6) is 0 Å². The van der Waals surface area contributed by atoms with Crippen molar-refractivity contribution in [2.75, 3.05) is 26.9 Å². The average molecular weight is 242 g/mol. The molecule has 0 bridgehead atoms. The Morgan fingerprint density at radius 1 is 1.69 bits per heavy atom. The van der Waals surface area contributed by atoms with Crippen molar-refractivity contribution < 1.29 is 9.47 Å². The lowest BCUT2D eigenvalue weighted by atomic mass is 10.0. The molecule has 0 radical (unpaired) electrons. The number of hydrogen-bond acceptors (Lipinski definition) is 5. The highest BCUT2D eigenvalue weighted by atomic mass is 32.1. The second-order valence-electron chi connectivity index (χ2n) is 4.18. The first-order valence-corrected chi connectivity index (χ1v) is 6.37. The molecule has 1 aromatic heterocycles. The maximum Gasteiger partial charge on any atom is 0.107 e. The van der Waals surface area contributed by atoms with Gasteiger partial charge in [0.1, 0.15) is 10.6 Å². The van der Waals surface area contributed by atoms with Crippen LogP contribution in [0.4, 0.5) is 0 Å². The number of aryl methyl sites for hydroxylation is 1. The molecule has 16 heavy (non-hydrogen) atoms. The highest BCUT2D eigenvalue weighted by Gasteiger charge is 2.34. The molecular weight excluding hydrogens is 224 g/mol. The predicted octanol–water partition coefficient (Wildman–Crippen LogP) is 1.35. The van der Waals surface area contributed by atoms with E-state index in [4.69, 9.17) is 9.47 Å². The second-order valence-corrected chi connectivity index (χ2v) is 5.12. The summed E-state index contributed by atoms with van der Waals surface area (Å²) in [7, 11) is 1.75. The number of ether oxygens (including phenoxy) is 2. The fourth-order valence-corrected chi connectivity index (χ4v) is 2.58. The van der Waals surface area contributed by atoms with Crippen LogP contribution in [0.1, 0.15) is 17.1 Å². The van der Waals surface area contributed by atoms with Gasteiger partial charge in [0.15, 0.2) is 0 Å². The first-order valence-electron chi connectivity index (χ1n) is 5.49. The minimum absolute atomic E-state index is 0.133. The molecule has 1 N–H and O–H groups in total. The predicted molar refractivity (Wildman–Crippen MR) is 63.7 cm³/mol. The van der Waals surface area contributed by atoms with Gasteiger partial charge < -0.3 is 14.8 Å². The van der Waals surface area contributed by atoms with E-state index in [1.165, 1.54) is 0 Å². The molecule has 0 saturated carbocycles. The molecule has 1 aliphatic rings. The van der Waals surface area contributed by atoms with Crippen molar-refractivity contribution in [2.24, 2.45) is 0 Å². The van der Waals surface area contributed by atoms with Crippen LogP contribution in [0.2, 0.25) is 0 Å². The molecule has 2 heterocycles. The van der Waals surface area contributed by atoms with E-state index >= 15 is 0 Å². The molecule has 0 spiro atoms. The number of nitrogens with one attached hydrogen (secondary N) is 1. The third-order valence-corrected chi connectivity index (χ3v) is 3.86. The third-order valence-electron chi connectivity index (χ3n) is 2.89. The molecule has 1 aliphatic heterocycles. The van der Waals surface area contributed by atoms with Crippen LogP contribution < -0.4 is 5.32 Å². The van der Waals surface area contributed by atoms with Gasteiger partial charge in [0.2, 0.25) is 0 Å². The lowest BCUT2D eigenvalue weighted by molar-refractivity contribution is -0.0159. The van der Waals surface area contributed by atoms with Crippen molar-refractivity contribution in [1.29, 1.82) is 0 Å². The van der Waals surface area contributed by atoms with Crippen LogP contribution in [0.15, 0.2) is 5.38 Å². The van der Waals surface area contributed by atoms with Crippen LogP contribution >= 0.6 is 11.3 Å². The molecule has 2 rings (SSSR count). The third kappa shape index (κ3) is 2.79. The largest absolute Gasteiger partial charge is 0.378 e. The van der Waals surface area contributed by atoms with Crippen molar-refractivity contribution >= 4 is 11.3 Å². The van der Waals surface area contributed by atoms with Gasteiger partial charge in [0, 0.05) is 44.3 Å². The molecule has 1 fully saturated rings. The number of thiazole rings is 1. The molecular formula is C11H18N2O2S. The molecule has 1 saturated heterocycles. The van der Waals surface area contributed by atoms with Gasteiger partial charge in [-0.1, -0.05) is 0 Å². The molecule has 0 aliphatic carbocycles. The van der Waals surface area contributed by atoms with Crippen LogP contribution in [0, 0.1) is 6.92 Å². The van der Waals surface area contributed by atoms with Gasteiger partial charge in [0.05, 0.1) is 6.61 Å². The monoisotopic (exact) mass is 242 g/mol. The smallest absolute Gasteiger partial charge is 0.107 e. The van der Waals surface area contributed by atoms with Crippen LogP contribution in [0.25, 0.3) is 0 Å². The van der Waals surface area contributed by atoms with E-state index in [1.54, 1.807) is 18.4 Å². The SMILES string of the molecule is COC1(CNCc2nc(C)cs2)CCOC1. The number of nitrogens with zero attached hydrogens (tertiary/aromatic N) is 1. The van der Waals surface area contributed by atoms with Crippen LogP contribution in [-0.4, -0.2) is 37.5 Å². The summed E-state index contributed by atoms with van der Waals surface area (Å²) in [6.45, 7) is 5.13. The van der Waals surface area contributed by atoms with E-state index in [0.29, 0.717) is 6.61 Å². The molecule has 4 nitrogen and oxygen atoms in total. The quantitative estimate of drug-likeness (QED) is 0.846. The van der Waals surface area contributed by atoms with Gasteiger partial charge in [-0.3, -0.25) is 0 Å². The molecule has 5 heteroatoms. The number of rotatable bonds is 5.